The molecular weight excluding hydrogens is 412 g/mol. The lowest BCUT2D eigenvalue weighted by Gasteiger charge is -2.24. The van der Waals surface area contributed by atoms with Crippen molar-refractivity contribution in [2.75, 3.05) is 25.6 Å². The van der Waals surface area contributed by atoms with Crippen LogP contribution in [0.3, 0.4) is 0 Å². The van der Waals surface area contributed by atoms with Gasteiger partial charge in [0, 0.05) is 49.4 Å². The van der Waals surface area contributed by atoms with Gasteiger partial charge < -0.3 is 19.5 Å². The molecule has 0 fully saturated rings. The van der Waals surface area contributed by atoms with E-state index < -0.39 is 0 Å². The van der Waals surface area contributed by atoms with Crippen molar-refractivity contribution in [2.45, 2.75) is 19.5 Å². The maximum atomic E-state index is 13.0. The molecule has 31 heavy (non-hydrogen) atoms. The second-order valence-corrected chi connectivity index (χ2v) is 7.51. The quantitative estimate of drug-likeness (QED) is 0.472. The first kappa shape index (κ1) is 22.4. The molecule has 0 aliphatic heterocycles. The van der Waals surface area contributed by atoms with Crippen molar-refractivity contribution in [1.82, 2.24) is 9.47 Å². The monoisotopic (exact) mass is 436 g/mol. The lowest BCUT2D eigenvalue weighted by molar-refractivity contribution is 0.171. The fourth-order valence-electron chi connectivity index (χ4n) is 3.24. The molecule has 0 bridgehead atoms. The van der Waals surface area contributed by atoms with Crippen LogP contribution in [-0.2, 0) is 17.8 Å². The SMILES string of the molecule is COCCCN(Cc1cccn1Cc1ccccc1Cl)C(=O)Nc1ccc(C#N)cc1. The number of ether oxygens (including phenoxy) is 1. The zero-order chi connectivity index (χ0) is 22.1. The van der Waals surface area contributed by atoms with Crippen LogP contribution in [0.4, 0.5) is 10.5 Å². The summed E-state index contributed by atoms with van der Waals surface area (Å²) in [6.07, 6.45) is 2.72. The molecule has 0 atom stereocenters. The molecule has 3 rings (SSSR count). The number of urea groups is 1. The van der Waals surface area contributed by atoms with Crippen LogP contribution in [-0.4, -0.2) is 35.8 Å². The zero-order valence-corrected chi connectivity index (χ0v) is 18.2. The minimum absolute atomic E-state index is 0.202. The van der Waals surface area contributed by atoms with Gasteiger partial charge in [0.2, 0.25) is 0 Å². The van der Waals surface area contributed by atoms with Crippen molar-refractivity contribution in [3.63, 3.8) is 0 Å². The number of hydrogen-bond donors (Lipinski definition) is 1. The molecule has 7 heteroatoms. The average molecular weight is 437 g/mol. The Morgan fingerprint density at radius 3 is 2.65 bits per heavy atom. The van der Waals surface area contributed by atoms with Crippen molar-refractivity contribution >= 4 is 23.3 Å². The highest BCUT2D eigenvalue weighted by molar-refractivity contribution is 6.31. The lowest BCUT2D eigenvalue weighted by Crippen LogP contribution is -2.36. The van der Waals surface area contributed by atoms with E-state index in [9.17, 15) is 4.79 Å². The first-order chi connectivity index (χ1) is 15.1. The summed E-state index contributed by atoms with van der Waals surface area (Å²) in [5.74, 6) is 0. The Kier molecular flexibility index (Phi) is 8.11. The molecule has 2 amide bonds. The number of anilines is 1. The van der Waals surface area contributed by atoms with Gasteiger partial charge in [0.05, 0.1) is 18.2 Å². The third kappa shape index (κ3) is 6.35. The maximum absolute atomic E-state index is 13.0. The fourth-order valence-corrected chi connectivity index (χ4v) is 3.43. The van der Waals surface area contributed by atoms with Gasteiger partial charge in [-0.15, -0.1) is 0 Å². The Morgan fingerprint density at radius 1 is 1.16 bits per heavy atom. The molecule has 0 aliphatic rings. The number of hydrogen-bond acceptors (Lipinski definition) is 3. The standard InChI is InChI=1S/C24H25ClN4O2/c1-31-15-5-14-29(24(30)27-21-11-9-19(16-26)10-12-21)18-22-7-4-13-28(22)17-20-6-2-3-8-23(20)25/h2-4,6-13H,5,14-15,17-18H2,1H3,(H,27,30). The number of nitrogens with one attached hydrogen (secondary N) is 1. The molecule has 1 aromatic heterocycles. The Morgan fingerprint density at radius 2 is 1.94 bits per heavy atom. The number of carbonyl (C=O) groups excluding carboxylic acids is 1. The highest BCUT2D eigenvalue weighted by Crippen LogP contribution is 2.19. The van der Waals surface area contributed by atoms with Crippen molar-refractivity contribution in [3.05, 3.63) is 88.7 Å². The van der Waals surface area contributed by atoms with Gasteiger partial charge in [-0.25, -0.2) is 4.79 Å². The summed E-state index contributed by atoms with van der Waals surface area (Å²) >= 11 is 6.32. The molecule has 0 spiro atoms. The largest absolute Gasteiger partial charge is 0.385 e. The van der Waals surface area contributed by atoms with Crippen LogP contribution in [0.5, 0.6) is 0 Å². The molecule has 0 saturated heterocycles. The van der Waals surface area contributed by atoms with E-state index in [1.165, 1.54) is 0 Å². The van der Waals surface area contributed by atoms with E-state index in [4.69, 9.17) is 21.6 Å². The number of methoxy groups -OCH3 is 1. The van der Waals surface area contributed by atoms with Crippen LogP contribution < -0.4 is 5.32 Å². The van der Waals surface area contributed by atoms with Crippen LogP contribution in [0, 0.1) is 11.3 Å². The Bertz CT molecular complexity index is 1040. The highest BCUT2D eigenvalue weighted by Gasteiger charge is 2.16. The molecule has 3 aromatic rings. The highest BCUT2D eigenvalue weighted by atomic mass is 35.5. The Labute approximate surface area is 187 Å². The van der Waals surface area contributed by atoms with E-state index in [1.54, 1.807) is 36.3 Å². The predicted octanol–water partition coefficient (Wildman–Crippen LogP) is 5.13. The molecule has 0 unspecified atom stereocenters. The number of benzene rings is 2. The van der Waals surface area contributed by atoms with Gasteiger partial charge in [-0.2, -0.15) is 5.26 Å². The summed E-state index contributed by atoms with van der Waals surface area (Å²) in [5.41, 5.74) is 3.22. The molecule has 160 valence electrons. The third-order valence-electron chi connectivity index (χ3n) is 4.90. The van der Waals surface area contributed by atoms with Gasteiger partial charge in [-0.1, -0.05) is 29.8 Å². The van der Waals surface area contributed by atoms with E-state index in [2.05, 4.69) is 16.0 Å². The number of carbonyl (C=O) groups is 1. The summed E-state index contributed by atoms with van der Waals surface area (Å²) in [6, 6.07) is 20.4. The van der Waals surface area contributed by atoms with E-state index in [0.29, 0.717) is 37.5 Å². The van der Waals surface area contributed by atoms with Crippen LogP contribution in [0.15, 0.2) is 66.9 Å². The van der Waals surface area contributed by atoms with Gasteiger partial charge in [0.25, 0.3) is 0 Å². The Hall–Kier alpha value is -3.27. The van der Waals surface area contributed by atoms with Gasteiger partial charge in [0.15, 0.2) is 0 Å². The number of nitriles is 1. The minimum Gasteiger partial charge on any atom is -0.385 e. The number of nitrogens with zero attached hydrogens (tertiary/aromatic N) is 3. The molecule has 6 nitrogen and oxygen atoms in total. The molecule has 0 saturated carbocycles. The minimum atomic E-state index is -0.202. The predicted molar refractivity (Wildman–Crippen MR) is 122 cm³/mol. The Balaban J connectivity index is 1.73. The normalized spacial score (nSPS) is 10.5. The molecule has 1 N–H and O–H groups in total. The number of aromatic nitrogens is 1. The summed E-state index contributed by atoms with van der Waals surface area (Å²) in [4.78, 5) is 14.7. The molecule has 1 heterocycles. The van der Waals surface area contributed by atoms with Crippen LogP contribution in [0.25, 0.3) is 0 Å². The number of halogens is 1. The second kappa shape index (κ2) is 11.2. The van der Waals surface area contributed by atoms with Crippen molar-refractivity contribution in [1.29, 1.82) is 5.26 Å². The molecule has 0 radical (unpaired) electrons. The summed E-state index contributed by atoms with van der Waals surface area (Å²) < 4.78 is 7.25. The van der Waals surface area contributed by atoms with Gasteiger partial charge in [0.1, 0.15) is 0 Å². The fraction of sp³-hybridized carbons (Fsp3) is 0.250. The topological polar surface area (TPSA) is 70.3 Å². The average Bonchev–Trinajstić information content (AvgIpc) is 3.22. The first-order valence-corrected chi connectivity index (χ1v) is 10.4. The van der Waals surface area contributed by atoms with Crippen molar-refractivity contribution in [3.8, 4) is 6.07 Å². The summed E-state index contributed by atoms with van der Waals surface area (Å²) in [6.45, 7) is 2.20. The van der Waals surface area contributed by atoms with E-state index in [-0.39, 0.29) is 6.03 Å². The van der Waals surface area contributed by atoms with Crippen LogP contribution in [0.1, 0.15) is 23.2 Å². The van der Waals surface area contributed by atoms with E-state index in [0.717, 1.165) is 22.7 Å². The second-order valence-electron chi connectivity index (χ2n) is 7.11. The lowest BCUT2D eigenvalue weighted by atomic mass is 10.2. The third-order valence-corrected chi connectivity index (χ3v) is 5.27. The first-order valence-electron chi connectivity index (χ1n) is 10.0. The van der Waals surface area contributed by atoms with Crippen molar-refractivity contribution < 1.29 is 9.53 Å². The number of amides is 2. The molecule has 0 aliphatic carbocycles. The van der Waals surface area contributed by atoms with Gasteiger partial charge in [-0.05, 0) is 54.4 Å². The van der Waals surface area contributed by atoms with Gasteiger partial charge >= 0.3 is 6.03 Å². The van der Waals surface area contributed by atoms with E-state index in [1.807, 2.05) is 42.6 Å². The summed E-state index contributed by atoms with van der Waals surface area (Å²) in [7, 11) is 1.65. The van der Waals surface area contributed by atoms with Gasteiger partial charge in [-0.3, -0.25) is 0 Å². The van der Waals surface area contributed by atoms with Crippen LogP contribution >= 0.6 is 11.6 Å². The number of rotatable bonds is 9. The summed E-state index contributed by atoms with van der Waals surface area (Å²) in [5, 5.41) is 12.6. The molecule has 2 aromatic carbocycles. The zero-order valence-electron chi connectivity index (χ0n) is 17.4. The smallest absolute Gasteiger partial charge is 0.322 e. The maximum Gasteiger partial charge on any atom is 0.322 e. The van der Waals surface area contributed by atoms with Crippen LogP contribution in [0.2, 0.25) is 5.02 Å². The molecular formula is C24H25ClN4O2. The van der Waals surface area contributed by atoms with E-state index >= 15 is 0 Å². The van der Waals surface area contributed by atoms with Crippen molar-refractivity contribution in [2.24, 2.45) is 0 Å².